The molecule has 0 radical (unpaired) electrons. The average Bonchev–Trinajstić information content (AvgIpc) is 2.86. The maximum Gasteiger partial charge on any atom is 0.434 e. The van der Waals surface area contributed by atoms with E-state index in [1.807, 2.05) is 0 Å². The first-order chi connectivity index (χ1) is 10.5. The Labute approximate surface area is 133 Å². The third-order valence-electron chi connectivity index (χ3n) is 2.63. The van der Waals surface area contributed by atoms with Gasteiger partial charge in [-0.3, -0.25) is 4.79 Å². The van der Waals surface area contributed by atoms with E-state index >= 15 is 0 Å². The summed E-state index contributed by atoms with van der Waals surface area (Å²) in [6.45, 7) is 1.22. The summed E-state index contributed by atoms with van der Waals surface area (Å²) in [5, 5.41) is 8.11. The minimum absolute atomic E-state index is 0.0675. The number of nitrogens with zero attached hydrogens (tertiary/aromatic N) is 1. The van der Waals surface area contributed by atoms with Crippen LogP contribution in [0.15, 0.2) is 28.5 Å². The van der Waals surface area contributed by atoms with Crippen LogP contribution in [0.3, 0.4) is 0 Å². The van der Waals surface area contributed by atoms with Gasteiger partial charge in [-0.25, -0.2) is 18.5 Å². The molecule has 3 N–H and O–H groups in total. The van der Waals surface area contributed by atoms with Crippen LogP contribution in [0.5, 0.6) is 0 Å². The summed E-state index contributed by atoms with van der Waals surface area (Å²) in [6.07, 6.45) is -4.63. The van der Waals surface area contributed by atoms with Crippen molar-refractivity contribution in [1.82, 2.24) is 4.98 Å². The zero-order valence-electron chi connectivity index (χ0n) is 11.5. The van der Waals surface area contributed by atoms with Crippen molar-refractivity contribution in [1.29, 1.82) is 0 Å². The van der Waals surface area contributed by atoms with E-state index in [1.165, 1.54) is 19.1 Å². The summed E-state index contributed by atoms with van der Waals surface area (Å²) in [7, 11) is -4.23. The van der Waals surface area contributed by atoms with Gasteiger partial charge in [-0.05, 0) is 18.2 Å². The third-order valence-corrected chi connectivity index (χ3v) is 4.46. The molecule has 0 spiro atoms. The number of benzene rings is 1. The lowest BCUT2D eigenvalue weighted by Crippen LogP contribution is -2.15. The van der Waals surface area contributed by atoms with Crippen LogP contribution in [0.1, 0.15) is 12.6 Å². The number of anilines is 1. The van der Waals surface area contributed by atoms with E-state index in [0.717, 1.165) is 11.4 Å². The molecule has 0 aliphatic carbocycles. The molecule has 1 aromatic carbocycles. The Morgan fingerprint density at radius 1 is 1.35 bits per heavy atom. The molecule has 0 aliphatic rings. The number of nitrogens with one attached hydrogen (secondary N) is 1. The molecule has 6 nitrogen and oxygen atoms in total. The highest BCUT2D eigenvalue weighted by molar-refractivity contribution is 7.89. The summed E-state index contributed by atoms with van der Waals surface area (Å²) in [6, 6.07) is 3.66. The summed E-state index contributed by atoms with van der Waals surface area (Å²) in [5.41, 5.74) is -1.04. The summed E-state index contributed by atoms with van der Waals surface area (Å²) in [5.74, 6) is -0.438. The Bertz CT molecular complexity index is 860. The Hall–Kier alpha value is -1.98. The number of rotatable bonds is 3. The number of carbonyl (C=O) groups excluding carboxylic acids is 1. The van der Waals surface area contributed by atoms with Gasteiger partial charge in [0.1, 0.15) is 5.01 Å². The molecule has 1 amide bonds. The highest BCUT2D eigenvalue weighted by Gasteiger charge is 2.34. The van der Waals surface area contributed by atoms with Crippen LogP contribution in [0.2, 0.25) is 0 Å². The molecule has 11 heteroatoms. The van der Waals surface area contributed by atoms with Crippen molar-refractivity contribution < 1.29 is 26.4 Å². The molecular formula is C12H10F3N3O3S2. The Kier molecular flexibility index (Phi) is 4.46. The fourth-order valence-electron chi connectivity index (χ4n) is 1.74. The molecule has 0 bridgehead atoms. The molecular weight excluding hydrogens is 355 g/mol. The Balaban J connectivity index is 2.58. The van der Waals surface area contributed by atoms with Crippen LogP contribution in [-0.4, -0.2) is 19.3 Å². The molecule has 2 aromatic rings. The van der Waals surface area contributed by atoms with E-state index in [9.17, 15) is 26.4 Å². The molecule has 1 heterocycles. The van der Waals surface area contributed by atoms with Crippen LogP contribution in [0.4, 0.5) is 18.9 Å². The predicted octanol–water partition coefficient (Wildman–Crippen LogP) is 2.43. The monoisotopic (exact) mass is 365 g/mol. The van der Waals surface area contributed by atoms with E-state index in [1.54, 1.807) is 0 Å². The standard InChI is InChI=1S/C12H10F3N3O3S2/c1-6(19)17-7-2-3-8(9(4-7)23(16,20)21)11-18-10(5-22-11)12(13,14)15/h2-5H,1H3,(H,17,19)(H2,16,20,21). The van der Waals surface area contributed by atoms with Crippen molar-refractivity contribution in [2.24, 2.45) is 5.14 Å². The fraction of sp³-hybridized carbons (Fsp3) is 0.167. The van der Waals surface area contributed by atoms with Crippen LogP contribution < -0.4 is 10.5 Å². The van der Waals surface area contributed by atoms with Gasteiger partial charge < -0.3 is 5.32 Å². The van der Waals surface area contributed by atoms with Gasteiger partial charge in [0.05, 0.1) is 4.90 Å². The number of hydrogen-bond acceptors (Lipinski definition) is 5. The van der Waals surface area contributed by atoms with Crippen LogP contribution in [0, 0.1) is 0 Å². The fourth-order valence-corrected chi connectivity index (χ4v) is 3.44. The number of amides is 1. The smallest absolute Gasteiger partial charge is 0.326 e. The number of carbonyl (C=O) groups is 1. The number of nitrogens with two attached hydrogens (primary N) is 1. The zero-order chi connectivity index (χ0) is 17.4. The number of aromatic nitrogens is 1. The summed E-state index contributed by atoms with van der Waals surface area (Å²) < 4.78 is 61.2. The molecule has 1 aromatic heterocycles. The van der Waals surface area contributed by atoms with Crippen molar-refractivity contribution in [2.75, 3.05) is 5.32 Å². The van der Waals surface area contributed by atoms with Gasteiger partial charge in [0.15, 0.2) is 5.69 Å². The molecule has 23 heavy (non-hydrogen) atoms. The lowest BCUT2D eigenvalue weighted by atomic mass is 10.2. The van der Waals surface area contributed by atoms with Gasteiger partial charge in [0.2, 0.25) is 15.9 Å². The second kappa shape index (κ2) is 5.91. The lowest BCUT2D eigenvalue weighted by molar-refractivity contribution is -0.140. The van der Waals surface area contributed by atoms with E-state index in [2.05, 4.69) is 10.3 Å². The highest BCUT2D eigenvalue weighted by Crippen LogP contribution is 2.36. The first kappa shape index (κ1) is 17.4. The molecule has 0 saturated heterocycles. The van der Waals surface area contributed by atoms with Crippen molar-refractivity contribution in [2.45, 2.75) is 18.0 Å². The van der Waals surface area contributed by atoms with Gasteiger partial charge in [-0.1, -0.05) is 0 Å². The number of hydrogen-bond donors (Lipinski definition) is 2. The molecule has 0 atom stereocenters. The number of primary sulfonamides is 1. The maximum atomic E-state index is 12.6. The normalized spacial score (nSPS) is 12.2. The molecule has 0 unspecified atom stereocenters. The predicted molar refractivity (Wildman–Crippen MR) is 78.2 cm³/mol. The van der Waals surface area contributed by atoms with Crippen LogP contribution in [0.25, 0.3) is 10.6 Å². The molecule has 124 valence electrons. The molecule has 0 fully saturated rings. The van der Waals surface area contributed by atoms with Gasteiger partial charge >= 0.3 is 6.18 Å². The topological polar surface area (TPSA) is 102 Å². The third kappa shape index (κ3) is 4.06. The van der Waals surface area contributed by atoms with Gasteiger partial charge in [0, 0.05) is 23.6 Å². The number of alkyl halides is 3. The quantitative estimate of drug-likeness (QED) is 0.872. The molecule has 0 aliphatic heterocycles. The van der Waals surface area contributed by atoms with Gasteiger partial charge in [0.25, 0.3) is 0 Å². The Morgan fingerprint density at radius 3 is 2.48 bits per heavy atom. The maximum absolute atomic E-state index is 12.6. The molecule has 2 rings (SSSR count). The first-order valence-electron chi connectivity index (χ1n) is 5.96. The van der Waals surface area contributed by atoms with Crippen LogP contribution in [-0.2, 0) is 21.0 Å². The largest absolute Gasteiger partial charge is 0.434 e. The minimum atomic E-state index is -4.63. The van der Waals surface area contributed by atoms with Gasteiger partial charge in [-0.15, -0.1) is 11.3 Å². The lowest BCUT2D eigenvalue weighted by Gasteiger charge is -2.09. The summed E-state index contributed by atoms with van der Waals surface area (Å²) in [4.78, 5) is 14.0. The molecule has 0 saturated carbocycles. The highest BCUT2D eigenvalue weighted by atomic mass is 32.2. The minimum Gasteiger partial charge on any atom is -0.326 e. The van der Waals surface area contributed by atoms with Gasteiger partial charge in [-0.2, -0.15) is 13.2 Å². The van der Waals surface area contributed by atoms with Crippen molar-refractivity contribution >= 4 is 33.0 Å². The second-order valence-electron chi connectivity index (χ2n) is 4.47. The SMILES string of the molecule is CC(=O)Nc1ccc(-c2nc(C(F)(F)F)cs2)c(S(N)(=O)=O)c1. The van der Waals surface area contributed by atoms with E-state index < -0.39 is 32.7 Å². The van der Waals surface area contributed by atoms with Crippen molar-refractivity contribution in [3.05, 3.63) is 29.3 Å². The second-order valence-corrected chi connectivity index (χ2v) is 6.86. The number of sulfonamides is 1. The number of thiazole rings is 1. The van der Waals surface area contributed by atoms with E-state index in [4.69, 9.17) is 5.14 Å². The van der Waals surface area contributed by atoms with E-state index in [-0.39, 0.29) is 16.3 Å². The van der Waals surface area contributed by atoms with Crippen molar-refractivity contribution in [3.63, 3.8) is 0 Å². The summed E-state index contributed by atoms with van der Waals surface area (Å²) >= 11 is 0.641. The number of halogens is 3. The Morgan fingerprint density at radius 2 is 2.00 bits per heavy atom. The van der Waals surface area contributed by atoms with E-state index in [0.29, 0.717) is 11.3 Å². The van der Waals surface area contributed by atoms with Crippen molar-refractivity contribution in [3.8, 4) is 10.6 Å². The first-order valence-corrected chi connectivity index (χ1v) is 8.38. The van der Waals surface area contributed by atoms with Crippen LogP contribution >= 0.6 is 11.3 Å². The zero-order valence-corrected chi connectivity index (χ0v) is 13.1. The average molecular weight is 365 g/mol.